The van der Waals surface area contributed by atoms with E-state index in [9.17, 15) is 4.79 Å². The van der Waals surface area contributed by atoms with Crippen LogP contribution < -0.4 is 5.56 Å². The lowest BCUT2D eigenvalue weighted by atomic mass is 10.1. The van der Waals surface area contributed by atoms with Crippen LogP contribution in [0.5, 0.6) is 0 Å². The molecule has 2 aromatic rings. The monoisotopic (exact) mass is 354 g/mol. The summed E-state index contributed by atoms with van der Waals surface area (Å²) in [6.07, 6.45) is 1.29. The van der Waals surface area contributed by atoms with Gasteiger partial charge in [0.2, 0.25) is 0 Å². The van der Waals surface area contributed by atoms with E-state index in [0.29, 0.717) is 27.7 Å². The van der Waals surface area contributed by atoms with Crippen molar-refractivity contribution in [3.8, 4) is 0 Å². The van der Waals surface area contributed by atoms with E-state index in [1.807, 2.05) is 24.3 Å². The molecule has 0 atom stereocenters. The number of hydrogen-bond donors (Lipinski definition) is 1. The topological polar surface area (TPSA) is 45.8 Å². The number of aromatic nitrogens is 2. The molecule has 0 unspecified atom stereocenters. The molecule has 0 aliphatic carbocycles. The van der Waals surface area contributed by atoms with Crippen LogP contribution in [-0.2, 0) is 12.8 Å². The molecule has 1 heterocycles. The lowest BCUT2D eigenvalue weighted by Gasteiger charge is -2.09. The van der Waals surface area contributed by atoms with Crippen molar-refractivity contribution >= 4 is 27.5 Å². The highest BCUT2D eigenvalue weighted by Gasteiger charge is 2.11. The Labute approximate surface area is 131 Å². The van der Waals surface area contributed by atoms with Crippen molar-refractivity contribution in [2.75, 3.05) is 0 Å². The minimum absolute atomic E-state index is 0.141. The smallest absolute Gasteiger partial charge is 0.265 e. The highest BCUT2D eigenvalue weighted by molar-refractivity contribution is 9.10. The third kappa shape index (κ3) is 3.70. The summed E-state index contributed by atoms with van der Waals surface area (Å²) in [5, 5.41) is 0.684. The summed E-state index contributed by atoms with van der Waals surface area (Å²) in [7, 11) is 0. The zero-order valence-electron chi connectivity index (χ0n) is 11.4. The highest BCUT2D eigenvalue weighted by atomic mass is 79.9. The molecule has 2 rings (SSSR count). The maximum Gasteiger partial charge on any atom is 0.265 e. The number of hydrogen-bond acceptors (Lipinski definition) is 2. The number of nitrogens with one attached hydrogen (secondary N) is 1. The Hall–Kier alpha value is -1.13. The van der Waals surface area contributed by atoms with E-state index in [-0.39, 0.29) is 5.56 Å². The van der Waals surface area contributed by atoms with Crippen LogP contribution in [-0.4, -0.2) is 9.97 Å². The first-order chi connectivity index (χ1) is 9.47. The fourth-order valence-corrected chi connectivity index (χ4v) is 2.54. The van der Waals surface area contributed by atoms with Gasteiger partial charge in [0.05, 0.1) is 5.69 Å². The third-order valence-electron chi connectivity index (χ3n) is 2.90. The lowest BCUT2D eigenvalue weighted by Crippen LogP contribution is -2.17. The van der Waals surface area contributed by atoms with Crippen LogP contribution in [0.3, 0.4) is 0 Å². The van der Waals surface area contributed by atoms with Gasteiger partial charge < -0.3 is 4.98 Å². The van der Waals surface area contributed by atoms with Gasteiger partial charge in [0, 0.05) is 11.4 Å². The number of H-pyrrole nitrogens is 1. The van der Waals surface area contributed by atoms with Gasteiger partial charge in [0.15, 0.2) is 0 Å². The quantitative estimate of drug-likeness (QED) is 0.902. The Morgan fingerprint density at radius 3 is 2.70 bits per heavy atom. The van der Waals surface area contributed by atoms with Gasteiger partial charge in [-0.1, -0.05) is 43.6 Å². The second-order valence-electron chi connectivity index (χ2n) is 5.14. The molecule has 20 heavy (non-hydrogen) atoms. The van der Waals surface area contributed by atoms with E-state index in [2.05, 4.69) is 39.7 Å². The zero-order valence-corrected chi connectivity index (χ0v) is 13.8. The van der Waals surface area contributed by atoms with E-state index >= 15 is 0 Å². The molecular weight excluding hydrogens is 340 g/mol. The van der Waals surface area contributed by atoms with E-state index in [1.54, 1.807) is 0 Å². The Kier molecular flexibility index (Phi) is 5.00. The van der Waals surface area contributed by atoms with E-state index in [4.69, 9.17) is 11.6 Å². The number of nitrogens with zero attached hydrogens (tertiary/aromatic N) is 1. The van der Waals surface area contributed by atoms with Crippen LogP contribution in [0.2, 0.25) is 5.02 Å². The summed E-state index contributed by atoms with van der Waals surface area (Å²) >= 11 is 9.45. The van der Waals surface area contributed by atoms with Gasteiger partial charge in [0.1, 0.15) is 10.3 Å². The molecule has 0 saturated carbocycles. The molecule has 0 aliphatic heterocycles. The summed E-state index contributed by atoms with van der Waals surface area (Å²) in [6.45, 7) is 4.20. The van der Waals surface area contributed by atoms with Crippen LogP contribution in [0.25, 0.3) is 0 Å². The second-order valence-corrected chi connectivity index (χ2v) is 6.34. The van der Waals surface area contributed by atoms with Crippen LogP contribution in [0.4, 0.5) is 0 Å². The fraction of sp³-hybridized carbons (Fsp3) is 0.333. The molecule has 106 valence electrons. The average molecular weight is 356 g/mol. The second kappa shape index (κ2) is 6.55. The fourth-order valence-electron chi connectivity index (χ4n) is 1.98. The molecule has 0 amide bonds. The van der Waals surface area contributed by atoms with Crippen LogP contribution in [0.15, 0.2) is 33.5 Å². The Bertz CT molecular complexity index is 667. The molecule has 0 saturated heterocycles. The molecule has 1 aromatic heterocycles. The van der Waals surface area contributed by atoms with Gasteiger partial charge in [-0.15, -0.1) is 0 Å². The zero-order chi connectivity index (χ0) is 14.7. The molecule has 5 heteroatoms. The minimum atomic E-state index is -0.141. The van der Waals surface area contributed by atoms with Crippen molar-refractivity contribution in [1.82, 2.24) is 9.97 Å². The summed E-state index contributed by atoms with van der Waals surface area (Å²) in [4.78, 5) is 19.3. The van der Waals surface area contributed by atoms with Crippen LogP contribution in [0, 0.1) is 5.92 Å². The van der Waals surface area contributed by atoms with E-state index in [0.717, 1.165) is 17.7 Å². The highest BCUT2D eigenvalue weighted by Crippen LogP contribution is 2.19. The first-order valence-corrected chi connectivity index (χ1v) is 7.65. The Morgan fingerprint density at radius 2 is 2.05 bits per heavy atom. The normalized spacial score (nSPS) is 11.1. The van der Waals surface area contributed by atoms with Crippen molar-refractivity contribution in [1.29, 1.82) is 0 Å². The largest absolute Gasteiger partial charge is 0.309 e. The third-order valence-corrected chi connectivity index (χ3v) is 4.08. The predicted molar refractivity (Wildman–Crippen MR) is 85.4 cm³/mol. The number of benzene rings is 1. The first kappa shape index (κ1) is 15.3. The van der Waals surface area contributed by atoms with Gasteiger partial charge in [-0.25, -0.2) is 4.98 Å². The van der Waals surface area contributed by atoms with Gasteiger partial charge in [-0.05, 0) is 39.9 Å². The molecule has 0 radical (unpaired) electrons. The molecular formula is C15H16BrClN2O. The summed E-state index contributed by atoms with van der Waals surface area (Å²) in [5.41, 5.74) is 1.61. The van der Waals surface area contributed by atoms with Crippen molar-refractivity contribution in [3.05, 3.63) is 61.2 Å². The molecule has 0 spiro atoms. The van der Waals surface area contributed by atoms with Crippen molar-refractivity contribution in [2.45, 2.75) is 26.7 Å². The van der Waals surface area contributed by atoms with Crippen molar-refractivity contribution in [2.24, 2.45) is 5.92 Å². The standard InChI is InChI=1S/C15H16BrClN2O/c1-9(2)7-12-14(16)15(20)19-13(18-12)8-10-5-3-4-6-11(10)17/h3-6,9H,7-8H2,1-2H3,(H,18,19,20). The first-order valence-electron chi connectivity index (χ1n) is 6.48. The van der Waals surface area contributed by atoms with Crippen molar-refractivity contribution < 1.29 is 0 Å². The summed E-state index contributed by atoms with van der Waals surface area (Å²) in [6, 6.07) is 7.58. The molecule has 0 fully saturated rings. The Morgan fingerprint density at radius 1 is 1.35 bits per heavy atom. The number of rotatable bonds is 4. The molecule has 1 N–H and O–H groups in total. The number of halogens is 2. The van der Waals surface area contributed by atoms with Crippen molar-refractivity contribution in [3.63, 3.8) is 0 Å². The molecule has 3 nitrogen and oxygen atoms in total. The maximum absolute atomic E-state index is 11.9. The Balaban J connectivity index is 2.36. The summed E-state index contributed by atoms with van der Waals surface area (Å²) in [5.74, 6) is 1.08. The maximum atomic E-state index is 11.9. The molecule has 0 bridgehead atoms. The van der Waals surface area contributed by atoms with E-state index in [1.165, 1.54) is 0 Å². The van der Waals surface area contributed by atoms with E-state index < -0.39 is 0 Å². The SMILES string of the molecule is CC(C)Cc1nc(Cc2ccccc2Cl)[nH]c(=O)c1Br. The average Bonchev–Trinajstić information content (AvgIpc) is 2.37. The van der Waals surface area contributed by atoms with Crippen LogP contribution in [0.1, 0.15) is 30.9 Å². The van der Waals surface area contributed by atoms with Gasteiger partial charge in [0.25, 0.3) is 5.56 Å². The number of aromatic amines is 1. The minimum Gasteiger partial charge on any atom is -0.309 e. The lowest BCUT2D eigenvalue weighted by molar-refractivity contribution is 0.627. The molecule has 1 aromatic carbocycles. The van der Waals surface area contributed by atoms with Gasteiger partial charge in [-0.3, -0.25) is 4.79 Å². The predicted octanol–water partition coefficient (Wildman–Crippen LogP) is 3.98. The van der Waals surface area contributed by atoms with Crippen LogP contribution >= 0.6 is 27.5 Å². The summed E-state index contributed by atoms with van der Waals surface area (Å²) < 4.78 is 0.522. The van der Waals surface area contributed by atoms with Gasteiger partial charge in [-0.2, -0.15) is 0 Å². The molecule has 0 aliphatic rings. The van der Waals surface area contributed by atoms with Gasteiger partial charge >= 0.3 is 0 Å².